The number of carbonyl (C=O) groups excluding carboxylic acids is 1. The molecule has 0 saturated carbocycles. The van der Waals surface area contributed by atoms with E-state index in [0.717, 1.165) is 22.8 Å². The van der Waals surface area contributed by atoms with Crippen LogP contribution in [-0.4, -0.2) is 43.8 Å². The predicted molar refractivity (Wildman–Crippen MR) is 123 cm³/mol. The number of aromatic nitrogens is 5. The molecule has 1 aliphatic rings. The third kappa shape index (κ3) is 4.38. The summed E-state index contributed by atoms with van der Waals surface area (Å²) in [4.78, 5) is 20.9. The first kappa shape index (κ1) is 20.6. The van der Waals surface area contributed by atoms with E-state index in [1.54, 1.807) is 18.3 Å². The van der Waals surface area contributed by atoms with Gasteiger partial charge in [-0.1, -0.05) is 24.3 Å². The molecule has 2 N–H and O–H groups in total. The van der Waals surface area contributed by atoms with Crippen molar-refractivity contribution in [2.75, 3.05) is 18.5 Å². The second kappa shape index (κ2) is 9.07. The van der Waals surface area contributed by atoms with Gasteiger partial charge in [0.25, 0.3) is 5.91 Å². The van der Waals surface area contributed by atoms with E-state index >= 15 is 0 Å². The van der Waals surface area contributed by atoms with E-state index in [9.17, 15) is 4.79 Å². The summed E-state index contributed by atoms with van der Waals surface area (Å²) >= 11 is 0. The van der Waals surface area contributed by atoms with Crippen molar-refractivity contribution in [2.45, 2.75) is 12.5 Å². The van der Waals surface area contributed by atoms with Gasteiger partial charge in [-0.3, -0.25) is 4.79 Å². The Balaban J connectivity index is 1.20. The van der Waals surface area contributed by atoms with Gasteiger partial charge in [0.15, 0.2) is 11.6 Å². The van der Waals surface area contributed by atoms with Gasteiger partial charge in [0, 0.05) is 42.5 Å². The molecule has 1 amide bonds. The largest absolute Gasteiger partial charge is 0.493 e. The van der Waals surface area contributed by atoms with Gasteiger partial charge < -0.3 is 19.9 Å². The number of rotatable bonds is 7. The van der Waals surface area contributed by atoms with Gasteiger partial charge in [-0.2, -0.15) is 0 Å². The fraction of sp³-hybridized carbons (Fsp3) is 0.208. The number of anilines is 1. The first-order valence-corrected chi connectivity index (χ1v) is 10.7. The van der Waals surface area contributed by atoms with Crippen molar-refractivity contribution in [3.63, 3.8) is 0 Å². The molecular formula is C24H23N7O2. The smallest absolute Gasteiger partial charge is 0.251 e. The number of nitrogens with one attached hydrogen (secondary N) is 2. The van der Waals surface area contributed by atoms with Crippen molar-refractivity contribution in [1.82, 2.24) is 30.0 Å². The van der Waals surface area contributed by atoms with Crippen LogP contribution in [0.5, 0.6) is 5.75 Å². The molecule has 9 nitrogen and oxygen atoms in total. The Labute approximate surface area is 190 Å². The summed E-state index contributed by atoms with van der Waals surface area (Å²) in [5.41, 5.74) is 3.26. The molecule has 0 spiro atoms. The number of hydrogen-bond donors (Lipinski definition) is 2. The molecule has 4 aromatic rings. The van der Waals surface area contributed by atoms with Crippen LogP contribution in [0.15, 0.2) is 67.1 Å². The van der Waals surface area contributed by atoms with Crippen LogP contribution >= 0.6 is 0 Å². The number of carbonyl (C=O) groups is 1. The lowest BCUT2D eigenvalue weighted by molar-refractivity contribution is 0.0950. The van der Waals surface area contributed by atoms with Gasteiger partial charge >= 0.3 is 0 Å². The highest BCUT2D eigenvalue weighted by Crippen LogP contribution is 2.32. The van der Waals surface area contributed by atoms with Gasteiger partial charge in [-0.25, -0.2) is 9.97 Å². The molecule has 3 heterocycles. The van der Waals surface area contributed by atoms with Gasteiger partial charge in [0.2, 0.25) is 0 Å². The number of para-hydroxylation sites is 1. The Hall–Kier alpha value is -4.27. The van der Waals surface area contributed by atoms with E-state index in [2.05, 4.69) is 30.8 Å². The zero-order valence-electron chi connectivity index (χ0n) is 18.1. The van der Waals surface area contributed by atoms with Crippen LogP contribution in [0.25, 0.3) is 11.5 Å². The Morgan fingerprint density at radius 3 is 2.94 bits per heavy atom. The van der Waals surface area contributed by atoms with E-state index in [1.807, 2.05) is 54.1 Å². The summed E-state index contributed by atoms with van der Waals surface area (Å²) in [6.07, 6.45) is 3.15. The number of fused-ring (bicyclic) bond motifs is 1. The Morgan fingerprint density at radius 1 is 1.15 bits per heavy atom. The van der Waals surface area contributed by atoms with E-state index in [0.29, 0.717) is 36.8 Å². The van der Waals surface area contributed by atoms with Crippen molar-refractivity contribution in [3.8, 4) is 17.3 Å². The predicted octanol–water partition coefficient (Wildman–Crippen LogP) is 2.79. The second-order valence-corrected chi connectivity index (χ2v) is 7.78. The Morgan fingerprint density at radius 2 is 2.06 bits per heavy atom. The first-order valence-electron chi connectivity index (χ1n) is 10.7. The maximum Gasteiger partial charge on any atom is 0.251 e. The molecule has 33 heavy (non-hydrogen) atoms. The zero-order valence-corrected chi connectivity index (χ0v) is 18.1. The zero-order chi connectivity index (χ0) is 22.6. The fourth-order valence-electron chi connectivity index (χ4n) is 3.83. The summed E-state index contributed by atoms with van der Waals surface area (Å²) < 4.78 is 7.58. The number of ether oxygens (including phenoxy) is 1. The fourth-order valence-corrected chi connectivity index (χ4v) is 3.83. The van der Waals surface area contributed by atoms with E-state index in [1.165, 1.54) is 6.33 Å². The summed E-state index contributed by atoms with van der Waals surface area (Å²) in [5, 5.41) is 14.8. The third-order valence-electron chi connectivity index (χ3n) is 5.66. The molecular weight excluding hydrogens is 418 g/mol. The molecule has 2 aromatic carbocycles. The van der Waals surface area contributed by atoms with Gasteiger partial charge in [-0.05, 0) is 30.3 Å². The molecule has 1 aliphatic heterocycles. The molecule has 5 rings (SSSR count). The highest BCUT2D eigenvalue weighted by Gasteiger charge is 2.24. The minimum absolute atomic E-state index is 0.118. The quantitative estimate of drug-likeness (QED) is 0.454. The maximum atomic E-state index is 12.7. The average Bonchev–Trinajstić information content (AvgIpc) is 3.45. The topological polar surface area (TPSA) is 107 Å². The second-order valence-electron chi connectivity index (χ2n) is 7.78. The van der Waals surface area contributed by atoms with Crippen molar-refractivity contribution in [3.05, 3.63) is 84.1 Å². The SMILES string of the molecule is Cn1c(CNc2cccc(C(=O)NCC3COc4ccccc43)c2)nnc1-c1ccncn1. The lowest BCUT2D eigenvalue weighted by atomic mass is 10.0. The van der Waals surface area contributed by atoms with Crippen LogP contribution in [0.4, 0.5) is 5.69 Å². The lowest BCUT2D eigenvalue weighted by Crippen LogP contribution is -2.29. The average molecular weight is 441 g/mol. The monoisotopic (exact) mass is 441 g/mol. The summed E-state index contributed by atoms with van der Waals surface area (Å²) in [7, 11) is 1.89. The van der Waals surface area contributed by atoms with Crippen molar-refractivity contribution in [2.24, 2.45) is 7.05 Å². The number of benzene rings is 2. The van der Waals surface area contributed by atoms with Crippen molar-refractivity contribution >= 4 is 11.6 Å². The first-order chi connectivity index (χ1) is 16.2. The molecule has 2 aromatic heterocycles. The maximum absolute atomic E-state index is 12.7. The summed E-state index contributed by atoms with van der Waals surface area (Å²) in [6.45, 7) is 1.56. The minimum atomic E-state index is -0.118. The molecule has 0 fully saturated rings. The molecule has 0 saturated heterocycles. The van der Waals surface area contributed by atoms with Crippen molar-refractivity contribution < 1.29 is 9.53 Å². The van der Waals surface area contributed by atoms with Gasteiger partial charge in [-0.15, -0.1) is 10.2 Å². The number of amides is 1. The van der Waals surface area contributed by atoms with Crippen LogP contribution < -0.4 is 15.4 Å². The van der Waals surface area contributed by atoms with E-state index in [-0.39, 0.29) is 11.8 Å². The van der Waals surface area contributed by atoms with Crippen molar-refractivity contribution in [1.29, 1.82) is 0 Å². The Kier molecular flexibility index (Phi) is 5.67. The normalized spacial score (nSPS) is 14.4. The van der Waals surface area contributed by atoms with Gasteiger partial charge in [0.1, 0.15) is 17.8 Å². The highest BCUT2D eigenvalue weighted by molar-refractivity contribution is 5.95. The molecule has 0 aliphatic carbocycles. The minimum Gasteiger partial charge on any atom is -0.493 e. The van der Waals surface area contributed by atoms with Gasteiger partial charge in [0.05, 0.1) is 13.2 Å². The molecule has 1 atom stereocenters. The molecule has 0 bridgehead atoms. The molecule has 0 radical (unpaired) electrons. The summed E-state index contributed by atoms with van der Waals surface area (Å²) in [5.74, 6) is 2.35. The number of nitrogens with zero attached hydrogens (tertiary/aromatic N) is 5. The van der Waals surface area contributed by atoms with E-state index in [4.69, 9.17) is 4.74 Å². The Bertz CT molecular complexity index is 1270. The standard InChI is InChI=1S/C24H23N7O2/c1-31-22(29-30-23(31)20-9-10-25-15-28-20)13-26-18-6-4-5-16(11-18)24(32)27-12-17-14-33-21-8-3-2-7-19(17)21/h2-11,15,17,26H,12-14H2,1H3,(H,27,32). The highest BCUT2D eigenvalue weighted by atomic mass is 16.5. The number of hydrogen-bond acceptors (Lipinski definition) is 7. The van der Waals surface area contributed by atoms with Crippen LogP contribution in [0.2, 0.25) is 0 Å². The molecule has 166 valence electrons. The van der Waals surface area contributed by atoms with Crippen LogP contribution in [0.3, 0.4) is 0 Å². The third-order valence-corrected chi connectivity index (χ3v) is 5.66. The van der Waals surface area contributed by atoms with Crippen LogP contribution in [-0.2, 0) is 13.6 Å². The molecule has 9 heteroatoms. The van der Waals surface area contributed by atoms with Crippen LogP contribution in [0, 0.1) is 0 Å². The van der Waals surface area contributed by atoms with Crippen LogP contribution in [0.1, 0.15) is 27.7 Å². The summed E-state index contributed by atoms with van der Waals surface area (Å²) in [6, 6.07) is 17.1. The molecule has 1 unspecified atom stereocenters. The lowest BCUT2D eigenvalue weighted by Gasteiger charge is -2.12. The van der Waals surface area contributed by atoms with E-state index < -0.39 is 0 Å².